The summed E-state index contributed by atoms with van der Waals surface area (Å²) >= 11 is 30.4. The Labute approximate surface area is 136 Å². The number of rotatable bonds is 2. The van der Waals surface area contributed by atoms with Crippen molar-refractivity contribution in [2.75, 3.05) is 0 Å². The van der Waals surface area contributed by atoms with Crippen LogP contribution in [-0.2, 0) is 6.54 Å². The molecule has 0 fully saturated rings. The highest BCUT2D eigenvalue weighted by molar-refractivity contribution is 6.51. The zero-order valence-corrected chi connectivity index (χ0v) is 13.3. The summed E-state index contributed by atoms with van der Waals surface area (Å²) in [5.74, 6) is 0. The molecule has 6 heteroatoms. The van der Waals surface area contributed by atoms with Gasteiger partial charge >= 0.3 is 0 Å². The zero-order chi connectivity index (χ0) is 14.2. The van der Waals surface area contributed by atoms with Gasteiger partial charge in [-0.1, -0.05) is 64.1 Å². The molecule has 0 amide bonds. The molecule has 0 aromatic heterocycles. The van der Waals surface area contributed by atoms with E-state index in [0.717, 1.165) is 11.1 Å². The van der Waals surface area contributed by atoms with Crippen LogP contribution in [0.15, 0.2) is 24.3 Å². The average molecular weight is 355 g/mol. The molecule has 0 aliphatic heterocycles. The number of nitrogens with two attached hydrogens (primary N) is 1. The van der Waals surface area contributed by atoms with Gasteiger partial charge in [-0.2, -0.15) is 0 Å². The third-order valence-electron chi connectivity index (χ3n) is 2.67. The van der Waals surface area contributed by atoms with Crippen molar-refractivity contribution in [1.29, 1.82) is 0 Å². The van der Waals surface area contributed by atoms with Gasteiger partial charge < -0.3 is 5.73 Å². The van der Waals surface area contributed by atoms with Gasteiger partial charge in [0.25, 0.3) is 0 Å². The second-order valence-electron chi connectivity index (χ2n) is 3.85. The maximum Gasteiger partial charge on any atom is 0.0785 e. The summed E-state index contributed by atoms with van der Waals surface area (Å²) in [6.07, 6.45) is 0. The van der Waals surface area contributed by atoms with E-state index >= 15 is 0 Å². The minimum atomic E-state index is 0.264. The van der Waals surface area contributed by atoms with Gasteiger partial charge in [-0.25, -0.2) is 0 Å². The van der Waals surface area contributed by atoms with Gasteiger partial charge in [0.2, 0.25) is 0 Å². The average Bonchev–Trinajstić information content (AvgIpc) is 2.37. The fourth-order valence-electron chi connectivity index (χ4n) is 1.79. The fourth-order valence-corrected chi connectivity index (χ4v) is 3.10. The normalized spacial score (nSPS) is 10.8. The second-order valence-corrected chi connectivity index (χ2v) is 5.86. The Morgan fingerprint density at radius 1 is 0.842 bits per heavy atom. The lowest BCUT2D eigenvalue weighted by Crippen LogP contribution is -1.99. The van der Waals surface area contributed by atoms with E-state index in [9.17, 15) is 0 Å². The molecule has 100 valence electrons. The lowest BCUT2D eigenvalue weighted by Gasteiger charge is -2.14. The van der Waals surface area contributed by atoms with Crippen LogP contribution in [0.25, 0.3) is 11.1 Å². The van der Waals surface area contributed by atoms with Crippen molar-refractivity contribution < 1.29 is 0 Å². The first-order valence-corrected chi connectivity index (χ1v) is 7.16. The van der Waals surface area contributed by atoms with Crippen molar-refractivity contribution in [3.05, 3.63) is 54.9 Å². The number of hydrogen-bond donors (Lipinski definition) is 1. The molecule has 0 heterocycles. The molecule has 0 atom stereocenters. The Hall–Kier alpha value is -0.150. The van der Waals surface area contributed by atoms with Gasteiger partial charge in [0, 0.05) is 17.1 Å². The predicted molar refractivity (Wildman–Crippen MR) is 84.8 cm³/mol. The SMILES string of the molecule is NCc1cc(Cl)ccc1-c1c(Cl)cc(Cl)c(Cl)c1Cl. The van der Waals surface area contributed by atoms with Gasteiger partial charge in [-0.05, 0) is 29.3 Å². The molecule has 0 radical (unpaired) electrons. The summed E-state index contributed by atoms with van der Waals surface area (Å²) in [6, 6.07) is 6.88. The van der Waals surface area contributed by atoms with Crippen molar-refractivity contribution in [2.45, 2.75) is 6.54 Å². The van der Waals surface area contributed by atoms with Gasteiger partial charge in [0.1, 0.15) is 0 Å². The molecule has 0 unspecified atom stereocenters. The molecule has 2 N–H and O–H groups in total. The van der Waals surface area contributed by atoms with Crippen molar-refractivity contribution in [2.24, 2.45) is 5.73 Å². The number of halogens is 5. The summed E-state index contributed by atoms with van der Waals surface area (Å²) in [6.45, 7) is 0.308. The standard InChI is InChI=1S/C13H8Cl5N/c14-7-1-2-8(6(3-7)5-19)11-9(15)4-10(16)12(17)13(11)18/h1-4H,5,19H2. The summed E-state index contributed by atoms with van der Waals surface area (Å²) in [7, 11) is 0. The van der Waals surface area contributed by atoms with Crippen LogP contribution in [0.1, 0.15) is 5.56 Å². The van der Waals surface area contributed by atoms with E-state index in [1.807, 2.05) is 6.07 Å². The van der Waals surface area contributed by atoms with E-state index < -0.39 is 0 Å². The summed E-state index contributed by atoms with van der Waals surface area (Å²) in [5, 5.41) is 1.88. The van der Waals surface area contributed by atoms with Gasteiger partial charge in [0.15, 0.2) is 0 Å². The van der Waals surface area contributed by atoms with Gasteiger partial charge in [0.05, 0.1) is 20.1 Å². The minimum absolute atomic E-state index is 0.264. The van der Waals surface area contributed by atoms with Crippen LogP contribution in [0.3, 0.4) is 0 Å². The van der Waals surface area contributed by atoms with Crippen molar-refractivity contribution >= 4 is 58.0 Å². The third kappa shape index (κ3) is 2.97. The van der Waals surface area contributed by atoms with E-state index in [1.54, 1.807) is 18.2 Å². The predicted octanol–water partition coefficient (Wildman–Crippen LogP) is 6.08. The first-order chi connectivity index (χ1) is 8.95. The largest absolute Gasteiger partial charge is 0.326 e. The Balaban J connectivity index is 2.76. The summed E-state index contributed by atoms with van der Waals surface area (Å²) in [4.78, 5) is 0. The van der Waals surface area contributed by atoms with Crippen LogP contribution in [0.2, 0.25) is 25.1 Å². The van der Waals surface area contributed by atoms with E-state index in [0.29, 0.717) is 32.2 Å². The topological polar surface area (TPSA) is 26.0 Å². The van der Waals surface area contributed by atoms with E-state index in [-0.39, 0.29) is 5.02 Å². The van der Waals surface area contributed by atoms with Crippen molar-refractivity contribution in [3.63, 3.8) is 0 Å². The Morgan fingerprint density at radius 2 is 1.53 bits per heavy atom. The first kappa shape index (κ1) is 15.2. The van der Waals surface area contributed by atoms with Crippen LogP contribution >= 0.6 is 58.0 Å². The van der Waals surface area contributed by atoms with Crippen LogP contribution in [0.5, 0.6) is 0 Å². The molecule has 0 spiro atoms. The lowest BCUT2D eigenvalue weighted by atomic mass is 9.99. The Kier molecular flexibility index (Phi) is 4.88. The molecule has 0 bridgehead atoms. The minimum Gasteiger partial charge on any atom is -0.326 e. The molecule has 2 aromatic rings. The van der Waals surface area contributed by atoms with E-state index in [1.165, 1.54) is 0 Å². The van der Waals surface area contributed by atoms with E-state index in [4.69, 9.17) is 63.7 Å². The van der Waals surface area contributed by atoms with Gasteiger partial charge in [-0.3, -0.25) is 0 Å². The number of benzene rings is 2. The lowest BCUT2D eigenvalue weighted by molar-refractivity contribution is 1.07. The van der Waals surface area contributed by atoms with Crippen LogP contribution in [-0.4, -0.2) is 0 Å². The molecule has 19 heavy (non-hydrogen) atoms. The quantitative estimate of drug-likeness (QED) is 0.513. The van der Waals surface area contributed by atoms with Crippen LogP contribution in [0.4, 0.5) is 0 Å². The monoisotopic (exact) mass is 353 g/mol. The molecule has 0 aliphatic carbocycles. The third-order valence-corrected chi connectivity index (χ3v) is 4.47. The second kappa shape index (κ2) is 6.09. The Bertz CT molecular complexity index is 639. The molecule has 1 nitrogen and oxygen atoms in total. The molecule has 2 rings (SSSR count). The van der Waals surface area contributed by atoms with Crippen LogP contribution in [0, 0.1) is 0 Å². The highest BCUT2D eigenvalue weighted by Crippen LogP contribution is 2.44. The number of hydrogen-bond acceptors (Lipinski definition) is 1. The molecule has 0 aliphatic rings. The molecule has 0 saturated heterocycles. The summed E-state index contributed by atoms with van der Waals surface area (Å²) in [5.41, 5.74) is 7.95. The van der Waals surface area contributed by atoms with Gasteiger partial charge in [-0.15, -0.1) is 0 Å². The Morgan fingerprint density at radius 3 is 2.16 bits per heavy atom. The van der Waals surface area contributed by atoms with Crippen molar-refractivity contribution in [1.82, 2.24) is 0 Å². The first-order valence-electron chi connectivity index (χ1n) is 5.27. The van der Waals surface area contributed by atoms with Crippen LogP contribution < -0.4 is 5.73 Å². The van der Waals surface area contributed by atoms with E-state index in [2.05, 4.69) is 0 Å². The maximum absolute atomic E-state index is 6.23. The highest BCUT2D eigenvalue weighted by atomic mass is 35.5. The molecule has 0 saturated carbocycles. The fraction of sp³-hybridized carbons (Fsp3) is 0.0769. The smallest absolute Gasteiger partial charge is 0.0785 e. The summed E-state index contributed by atoms with van der Waals surface area (Å²) < 4.78 is 0. The highest BCUT2D eigenvalue weighted by Gasteiger charge is 2.17. The molecular formula is C13H8Cl5N. The zero-order valence-electron chi connectivity index (χ0n) is 9.48. The maximum atomic E-state index is 6.23. The molecular weight excluding hydrogens is 347 g/mol. The molecule has 2 aromatic carbocycles. The van der Waals surface area contributed by atoms with Crippen molar-refractivity contribution in [3.8, 4) is 11.1 Å².